The number of morpholine rings is 1. The Hall–Kier alpha value is -1.48. The van der Waals surface area contributed by atoms with E-state index in [2.05, 4.69) is 10.00 Å². The number of nitrogens with zero attached hydrogens (tertiary/aromatic N) is 3. The van der Waals surface area contributed by atoms with E-state index in [4.69, 9.17) is 21.7 Å². The maximum atomic E-state index is 10.2. The van der Waals surface area contributed by atoms with Gasteiger partial charge in [-0.25, -0.2) is 4.68 Å². The molecule has 1 unspecified atom stereocenters. The maximum absolute atomic E-state index is 10.2. The second-order valence-corrected chi connectivity index (χ2v) is 7.31. The van der Waals surface area contributed by atoms with Gasteiger partial charge in [-0.2, -0.15) is 0 Å². The molecule has 1 aliphatic heterocycles. The van der Waals surface area contributed by atoms with Crippen LogP contribution in [0.2, 0.25) is 0 Å². The fourth-order valence-electron chi connectivity index (χ4n) is 2.44. The van der Waals surface area contributed by atoms with Crippen molar-refractivity contribution in [3.8, 4) is 5.75 Å². The van der Waals surface area contributed by atoms with E-state index in [1.54, 1.807) is 4.68 Å². The zero-order valence-electron chi connectivity index (χ0n) is 13.6. The minimum atomic E-state index is -0.670. The summed E-state index contributed by atoms with van der Waals surface area (Å²) in [6.07, 6.45) is -0.670. The highest BCUT2D eigenvalue weighted by molar-refractivity contribution is 7.73. The van der Waals surface area contributed by atoms with Crippen molar-refractivity contribution in [3.63, 3.8) is 0 Å². The van der Waals surface area contributed by atoms with Gasteiger partial charge in [0.15, 0.2) is 3.95 Å². The fraction of sp³-hybridized carbons (Fsp3) is 0.500. The number of hydrogen-bond acceptors (Lipinski definition) is 7. The molecule has 1 aliphatic rings. The zero-order chi connectivity index (χ0) is 16.9. The molecule has 3 rings (SSSR count). The van der Waals surface area contributed by atoms with Crippen molar-refractivity contribution in [2.24, 2.45) is 0 Å². The van der Waals surface area contributed by atoms with E-state index in [1.165, 1.54) is 11.3 Å². The Kier molecular flexibility index (Phi) is 5.83. The zero-order valence-corrected chi connectivity index (χ0v) is 15.2. The molecule has 1 aromatic heterocycles. The van der Waals surface area contributed by atoms with E-state index >= 15 is 0 Å². The molecule has 130 valence electrons. The third kappa shape index (κ3) is 4.54. The van der Waals surface area contributed by atoms with Gasteiger partial charge in [0.1, 0.15) is 18.5 Å². The van der Waals surface area contributed by atoms with Crippen LogP contribution < -0.4 is 9.64 Å². The van der Waals surface area contributed by atoms with Crippen LogP contribution in [0, 0.1) is 10.9 Å². The van der Waals surface area contributed by atoms with Crippen LogP contribution in [-0.4, -0.2) is 53.9 Å². The van der Waals surface area contributed by atoms with E-state index in [0.29, 0.717) is 23.7 Å². The molecule has 0 spiro atoms. The van der Waals surface area contributed by atoms with Crippen molar-refractivity contribution in [3.05, 3.63) is 33.8 Å². The van der Waals surface area contributed by atoms with E-state index in [-0.39, 0.29) is 6.61 Å². The molecule has 1 fully saturated rings. The molecule has 6 nitrogen and oxygen atoms in total. The lowest BCUT2D eigenvalue weighted by molar-refractivity contribution is 0.0889. The number of aryl methyl sites for hydroxylation is 1. The second kappa shape index (κ2) is 8.06. The third-order valence-electron chi connectivity index (χ3n) is 3.69. The maximum Gasteiger partial charge on any atom is 0.207 e. The Labute approximate surface area is 150 Å². The van der Waals surface area contributed by atoms with Gasteiger partial charge in [0.25, 0.3) is 0 Å². The molecule has 1 atom stereocenters. The predicted octanol–water partition coefficient (Wildman–Crippen LogP) is 2.26. The molecule has 2 aromatic rings. The molecule has 2 heterocycles. The summed E-state index contributed by atoms with van der Waals surface area (Å²) in [6, 6.07) is 7.76. The Morgan fingerprint density at radius 2 is 2.21 bits per heavy atom. The Morgan fingerprint density at radius 1 is 1.42 bits per heavy atom. The Morgan fingerprint density at radius 3 is 2.96 bits per heavy atom. The average Bonchev–Trinajstić information content (AvgIpc) is 2.95. The molecule has 8 heteroatoms. The van der Waals surface area contributed by atoms with Gasteiger partial charge in [0.2, 0.25) is 5.13 Å². The van der Waals surface area contributed by atoms with Crippen LogP contribution >= 0.6 is 23.6 Å². The van der Waals surface area contributed by atoms with Gasteiger partial charge in [0, 0.05) is 13.1 Å². The quantitative estimate of drug-likeness (QED) is 0.791. The highest BCUT2D eigenvalue weighted by Gasteiger charge is 2.17. The van der Waals surface area contributed by atoms with E-state index in [9.17, 15) is 5.11 Å². The van der Waals surface area contributed by atoms with Gasteiger partial charge in [-0.3, -0.25) is 0 Å². The van der Waals surface area contributed by atoms with Crippen molar-refractivity contribution in [1.29, 1.82) is 0 Å². The van der Waals surface area contributed by atoms with Crippen LogP contribution in [-0.2, 0) is 11.3 Å². The van der Waals surface area contributed by atoms with Crippen molar-refractivity contribution < 1.29 is 14.6 Å². The number of ether oxygens (including phenoxy) is 2. The summed E-state index contributed by atoms with van der Waals surface area (Å²) in [5, 5.41) is 15.6. The van der Waals surface area contributed by atoms with Crippen LogP contribution in [0.15, 0.2) is 24.3 Å². The minimum absolute atomic E-state index is 0.204. The average molecular weight is 367 g/mol. The van der Waals surface area contributed by atoms with Crippen molar-refractivity contribution in [1.82, 2.24) is 9.78 Å². The molecule has 0 radical (unpaired) electrons. The van der Waals surface area contributed by atoms with Crippen LogP contribution in [0.5, 0.6) is 5.75 Å². The normalized spacial score (nSPS) is 16.2. The van der Waals surface area contributed by atoms with E-state index in [0.717, 1.165) is 29.5 Å². The predicted molar refractivity (Wildman–Crippen MR) is 96.7 cm³/mol. The SMILES string of the molecule is Cc1cccc(OCC(O)Cn2nc(N3CCOCC3)sc2=S)c1. The topological polar surface area (TPSA) is 59.8 Å². The van der Waals surface area contributed by atoms with Gasteiger partial charge < -0.3 is 19.5 Å². The van der Waals surface area contributed by atoms with E-state index in [1.807, 2.05) is 31.2 Å². The van der Waals surface area contributed by atoms with Gasteiger partial charge in [-0.15, -0.1) is 5.10 Å². The first kappa shape index (κ1) is 17.3. The molecule has 0 aliphatic carbocycles. The summed E-state index contributed by atoms with van der Waals surface area (Å²) in [5.74, 6) is 0.755. The van der Waals surface area contributed by atoms with Crippen molar-refractivity contribution >= 4 is 28.7 Å². The van der Waals surface area contributed by atoms with Crippen LogP contribution in [0.4, 0.5) is 5.13 Å². The number of rotatable bonds is 6. The standard InChI is InChI=1S/C16H21N3O3S2/c1-12-3-2-4-14(9-12)22-11-13(20)10-19-16(23)24-15(17-19)18-5-7-21-8-6-18/h2-4,9,13,20H,5-8,10-11H2,1H3. The largest absolute Gasteiger partial charge is 0.491 e. The number of aliphatic hydroxyl groups is 1. The highest BCUT2D eigenvalue weighted by Crippen LogP contribution is 2.21. The lowest BCUT2D eigenvalue weighted by Gasteiger charge is -2.25. The molecule has 0 saturated carbocycles. The third-order valence-corrected chi connectivity index (χ3v) is 5.06. The van der Waals surface area contributed by atoms with Gasteiger partial charge >= 0.3 is 0 Å². The van der Waals surface area contributed by atoms with Crippen LogP contribution in [0.3, 0.4) is 0 Å². The summed E-state index contributed by atoms with van der Waals surface area (Å²) >= 11 is 6.83. The first-order valence-corrected chi connectivity index (χ1v) is 9.12. The summed E-state index contributed by atoms with van der Waals surface area (Å²) in [6.45, 7) is 5.59. The molecule has 0 amide bonds. The van der Waals surface area contributed by atoms with Gasteiger partial charge in [0.05, 0.1) is 19.8 Å². The smallest absolute Gasteiger partial charge is 0.207 e. The lowest BCUT2D eigenvalue weighted by atomic mass is 10.2. The number of aromatic nitrogens is 2. The summed E-state index contributed by atoms with van der Waals surface area (Å²) in [7, 11) is 0. The molecule has 1 N–H and O–H groups in total. The second-order valence-electron chi connectivity index (χ2n) is 5.71. The fourth-order valence-corrected chi connectivity index (χ4v) is 3.61. The van der Waals surface area contributed by atoms with Crippen molar-refractivity contribution in [2.75, 3.05) is 37.8 Å². The lowest BCUT2D eigenvalue weighted by Crippen LogP contribution is -2.36. The van der Waals surface area contributed by atoms with Crippen LogP contribution in [0.25, 0.3) is 0 Å². The summed E-state index contributed by atoms with van der Waals surface area (Å²) < 4.78 is 13.3. The van der Waals surface area contributed by atoms with Crippen molar-refractivity contribution in [2.45, 2.75) is 19.6 Å². The van der Waals surface area contributed by atoms with Crippen LogP contribution in [0.1, 0.15) is 5.56 Å². The Bertz CT molecular complexity index is 725. The van der Waals surface area contributed by atoms with Gasteiger partial charge in [-0.1, -0.05) is 23.5 Å². The molecule has 1 aromatic carbocycles. The minimum Gasteiger partial charge on any atom is -0.491 e. The summed E-state index contributed by atoms with van der Waals surface area (Å²) in [4.78, 5) is 2.16. The number of aliphatic hydroxyl groups excluding tert-OH is 1. The number of benzene rings is 1. The molecule has 24 heavy (non-hydrogen) atoms. The highest BCUT2D eigenvalue weighted by atomic mass is 32.1. The number of anilines is 1. The molecule has 1 saturated heterocycles. The van der Waals surface area contributed by atoms with E-state index < -0.39 is 6.10 Å². The molecule has 0 bridgehead atoms. The number of hydrogen-bond donors (Lipinski definition) is 1. The molecular weight excluding hydrogens is 346 g/mol. The monoisotopic (exact) mass is 367 g/mol. The summed E-state index contributed by atoms with van der Waals surface area (Å²) in [5.41, 5.74) is 1.12. The first-order chi connectivity index (χ1) is 11.6. The first-order valence-electron chi connectivity index (χ1n) is 7.90. The van der Waals surface area contributed by atoms with Gasteiger partial charge in [-0.05, 0) is 36.8 Å². The Balaban J connectivity index is 1.57. The molecular formula is C16H21N3O3S2.